The van der Waals surface area contributed by atoms with Crippen molar-refractivity contribution in [2.45, 2.75) is 19.4 Å². The minimum absolute atomic E-state index is 0.159. The molecule has 3 nitrogen and oxygen atoms in total. The molecule has 0 saturated heterocycles. The minimum Gasteiger partial charge on any atom is -0.497 e. The van der Waals surface area contributed by atoms with Crippen LogP contribution in [0.5, 0.6) is 5.75 Å². The summed E-state index contributed by atoms with van der Waals surface area (Å²) in [6, 6.07) is 9.95. The van der Waals surface area contributed by atoms with Gasteiger partial charge in [-0.1, -0.05) is 6.07 Å². The van der Waals surface area contributed by atoms with E-state index >= 15 is 0 Å². The van der Waals surface area contributed by atoms with Crippen LogP contribution in [0.1, 0.15) is 13.3 Å². The van der Waals surface area contributed by atoms with Gasteiger partial charge < -0.3 is 10.1 Å². The van der Waals surface area contributed by atoms with Gasteiger partial charge in [-0.2, -0.15) is 5.26 Å². The smallest absolute Gasteiger partial charge is 0.120 e. The molecule has 0 radical (unpaired) electrons. The molecule has 0 aromatic heterocycles. The molecule has 1 unspecified atom stereocenters. The number of benzene rings is 1. The van der Waals surface area contributed by atoms with Crippen molar-refractivity contribution in [3.05, 3.63) is 24.3 Å². The van der Waals surface area contributed by atoms with Gasteiger partial charge in [0, 0.05) is 17.8 Å². The van der Waals surface area contributed by atoms with Crippen molar-refractivity contribution >= 4 is 5.69 Å². The molecule has 1 N–H and O–H groups in total. The van der Waals surface area contributed by atoms with Gasteiger partial charge in [0.15, 0.2) is 0 Å². The van der Waals surface area contributed by atoms with Gasteiger partial charge in [-0.15, -0.1) is 0 Å². The molecule has 1 rings (SSSR count). The van der Waals surface area contributed by atoms with Crippen molar-refractivity contribution in [3.8, 4) is 11.8 Å². The molecule has 0 bridgehead atoms. The van der Waals surface area contributed by atoms with Crippen LogP contribution in [0, 0.1) is 11.3 Å². The summed E-state index contributed by atoms with van der Waals surface area (Å²) in [4.78, 5) is 0. The normalized spacial score (nSPS) is 11.5. The van der Waals surface area contributed by atoms with Crippen LogP contribution < -0.4 is 10.1 Å². The second-order valence-corrected chi connectivity index (χ2v) is 3.14. The first-order valence-corrected chi connectivity index (χ1v) is 4.54. The zero-order valence-electron chi connectivity index (χ0n) is 8.45. The van der Waals surface area contributed by atoms with Gasteiger partial charge in [-0.05, 0) is 19.1 Å². The molecule has 3 heteroatoms. The minimum atomic E-state index is 0.159. The molecular formula is C11H14N2O. The third kappa shape index (κ3) is 2.98. The number of nitrogens with one attached hydrogen (secondary N) is 1. The fourth-order valence-corrected chi connectivity index (χ4v) is 1.19. The third-order valence-corrected chi connectivity index (χ3v) is 1.88. The molecule has 1 aromatic carbocycles. The number of hydrogen-bond acceptors (Lipinski definition) is 3. The van der Waals surface area contributed by atoms with Gasteiger partial charge in [0.05, 0.1) is 19.6 Å². The molecule has 0 fully saturated rings. The number of nitrogens with zero attached hydrogens (tertiary/aromatic N) is 1. The fraction of sp³-hybridized carbons (Fsp3) is 0.364. The molecule has 1 aromatic rings. The quantitative estimate of drug-likeness (QED) is 0.793. The van der Waals surface area contributed by atoms with Crippen molar-refractivity contribution in [1.82, 2.24) is 0 Å². The van der Waals surface area contributed by atoms with E-state index in [0.717, 1.165) is 11.4 Å². The highest BCUT2D eigenvalue weighted by atomic mass is 16.5. The first kappa shape index (κ1) is 10.4. The van der Waals surface area contributed by atoms with Gasteiger partial charge in [0.1, 0.15) is 5.75 Å². The molecule has 0 aliphatic heterocycles. The zero-order valence-corrected chi connectivity index (χ0v) is 8.45. The highest BCUT2D eigenvalue weighted by Gasteiger charge is 2.01. The average Bonchev–Trinajstić information content (AvgIpc) is 2.18. The second kappa shape index (κ2) is 5.13. The molecule has 0 amide bonds. The van der Waals surface area contributed by atoms with Gasteiger partial charge in [0.2, 0.25) is 0 Å². The predicted octanol–water partition coefficient (Wildman–Crippen LogP) is 2.41. The Morgan fingerprint density at radius 3 is 3.00 bits per heavy atom. The van der Waals surface area contributed by atoms with Crippen molar-refractivity contribution in [1.29, 1.82) is 5.26 Å². The highest BCUT2D eigenvalue weighted by molar-refractivity contribution is 5.48. The second-order valence-electron chi connectivity index (χ2n) is 3.14. The molecule has 0 spiro atoms. The largest absolute Gasteiger partial charge is 0.497 e. The summed E-state index contributed by atoms with van der Waals surface area (Å²) in [5.41, 5.74) is 0.979. The Morgan fingerprint density at radius 2 is 2.36 bits per heavy atom. The monoisotopic (exact) mass is 190 g/mol. The molecular weight excluding hydrogens is 176 g/mol. The van der Waals surface area contributed by atoms with E-state index in [-0.39, 0.29) is 6.04 Å². The van der Waals surface area contributed by atoms with Gasteiger partial charge in [0.25, 0.3) is 0 Å². The number of rotatable bonds is 4. The van der Waals surface area contributed by atoms with Crippen LogP contribution >= 0.6 is 0 Å². The zero-order chi connectivity index (χ0) is 10.4. The lowest BCUT2D eigenvalue weighted by Gasteiger charge is -2.12. The van der Waals surface area contributed by atoms with Crippen LogP contribution in [0.4, 0.5) is 5.69 Å². The predicted molar refractivity (Wildman–Crippen MR) is 56.3 cm³/mol. The topological polar surface area (TPSA) is 45.0 Å². The summed E-state index contributed by atoms with van der Waals surface area (Å²) in [6.07, 6.45) is 0.497. The number of ether oxygens (including phenoxy) is 1. The van der Waals surface area contributed by atoms with Crippen LogP contribution in [0.2, 0.25) is 0 Å². The standard InChI is InChI=1S/C11H14N2O/c1-9(6-7-12)13-10-4-3-5-11(8-10)14-2/h3-5,8-9,13H,6H2,1-2H3. The van der Waals surface area contributed by atoms with E-state index in [0.29, 0.717) is 6.42 Å². The van der Waals surface area contributed by atoms with Gasteiger partial charge >= 0.3 is 0 Å². The lowest BCUT2D eigenvalue weighted by Crippen LogP contribution is -2.13. The number of hydrogen-bond donors (Lipinski definition) is 1. The van der Waals surface area contributed by atoms with Crippen molar-refractivity contribution in [2.24, 2.45) is 0 Å². The van der Waals surface area contributed by atoms with Crippen LogP contribution in [0.3, 0.4) is 0 Å². The molecule has 1 atom stereocenters. The molecule has 14 heavy (non-hydrogen) atoms. The van der Waals surface area contributed by atoms with E-state index < -0.39 is 0 Å². The van der Waals surface area contributed by atoms with Crippen LogP contribution in [-0.4, -0.2) is 13.2 Å². The van der Waals surface area contributed by atoms with Gasteiger partial charge in [-0.25, -0.2) is 0 Å². The van der Waals surface area contributed by atoms with Crippen LogP contribution in [-0.2, 0) is 0 Å². The highest BCUT2D eigenvalue weighted by Crippen LogP contribution is 2.17. The Balaban J connectivity index is 2.63. The fourth-order valence-electron chi connectivity index (χ4n) is 1.19. The lowest BCUT2D eigenvalue weighted by atomic mass is 10.2. The maximum absolute atomic E-state index is 8.50. The van der Waals surface area contributed by atoms with E-state index in [1.54, 1.807) is 7.11 Å². The Morgan fingerprint density at radius 1 is 1.57 bits per heavy atom. The van der Waals surface area contributed by atoms with E-state index in [4.69, 9.17) is 10.00 Å². The summed E-state index contributed by atoms with van der Waals surface area (Å²) < 4.78 is 5.09. The third-order valence-electron chi connectivity index (χ3n) is 1.88. The number of nitriles is 1. The van der Waals surface area contributed by atoms with Gasteiger partial charge in [-0.3, -0.25) is 0 Å². The molecule has 0 saturated carbocycles. The molecule has 74 valence electrons. The van der Waals surface area contributed by atoms with Crippen molar-refractivity contribution in [2.75, 3.05) is 12.4 Å². The van der Waals surface area contributed by atoms with Crippen LogP contribution in [0.25, 0.3) is 0 Å². The van der Waals surface area contributed by atoms with Crippen molar-refractivity contribution in [3.63, 3.8) is 0 Å². The summed E-state index contributed by atoms with van der Waals surface area (Å²) in [5, 5.41) is 11.7. The summed E-state index contributed by atoms with van der Waals surface area (Å²) >= 11 is 0. The van der Waals surface area contributed by atoms with E-state index in [1.165, 1.54) is 0 Å². The van der Waals surface area contributed by atoms with E-state index in [9.17, 15) is 0 Å². The average molecular weight is 190 g/mol. The SMILES string of the molecule is COc1cccc(NC(C)CC#N)c1. The Bertz CT molecular complexity index is 330. The summed E-state index contributed by atoms with van der Waals surface area (Å²) in [5.74, 6) is 0.819. The van der Waals surface area contributed by atoms with E-state index in [2.05, 4.69) is 11.4 Å². The van der Waals surface area contributed by atoms with Crippen molar-refractivity contribution < 1.29 is 4.74 Å². The Labute approximate surface area is 84.3 Å². The number of anilines is 1. The van der Waals surface area contributed by atoms with E-state index in [1.807, 2.05) is 31.2 Å². The molecule has 0 aliphatic rings. The number of methoxy groups -OCH3 is 1. The maximum Gasteiger partial charge on any atom is 0.120 e. The summed E-state index contributed by atoms with van der Waals surface area (Å²) in [7, 11) is 1.64. The summed E-state index contributed by atoms with van der Waals surface area (Å²) in [6.45, 7) is 1.97. The Kier molecular flexibility index (Phi) is 3.81. The lowest BCUT2D eigenvalue weighted by molar-refractivity contribution is 0.415. The Hall–Kier alpha value is -1.69. The first-order valence-electron chi connectivity index (χ1n) is 4.54. The maximum atomic E-state index is 8.50. The molecule has 0 aliphatic carbocycles. The van der Waals surface area contributed by atoms with Crippen LogP contribution in [0.15, 0.2) is 24.3 Å². The molecule has 0 heterocycles. The first-order chi connectivity index (χ1) is 6.76.